The molecule has 0 fully saturated rings. The van der Waals surface area contributed by atoms with Gasteiger partial charge in [0.05, 0.1) is 0 Å². The zero-order valence-corrected chi connectivity index (χ0v) is 17.5. The Morgan fingerprint density at radius 2 is 1.39 bits per heavy atom. The summed E-state index contributed by atoms with van der Waals surface area (Å²) in [5.41, 5.74) is 2.84. The molecule has 3 aromatic rings. The van der Waals surface area contributed by atoms with Crippen molar-refractivity contribution in [3.63, 3.8) is 0 Å². The van der Waals surface area contributed by atoms with Gasteiger partial charge in [-0.25, -0.2) is 4.79 Å². The van der Waals surface area contributed by atoms with Crippen molar-refractivity contribution in [3.8, 4) is 11.5 Å². The van der Waals surface area contributed by atoms with E-state index in [2.05, 4.69) is 0 Å². The molecule has 2 N–H and O–H groups in total. The molecule has 31 heavy (non-hydrogen) atoms. The largest absolute Gasteiger partial charge is 0.489 e. The Labute approximate surface area is 182 Å². The van der Waals surface area contributed by atoms with E-state index in [4.69, 9.17) is 14.6 Å². The van der Waals surface area contributed by atoms with Gasteiger partial charge in [0.15, 0.2) is 0 Å². The van der Waals surface area contributed by atoms with E-state index in [0.717, 1.165) is 24.0 Å². The quantitative estimate of drug-likeness (QED) is 0.392. The maximum Gasteiger partial charge on any atom is 0.339 e. The Hall–Kier alpha value is -3.31. The SMILES string of the molecule is O=C(O)c1c(CCCCCO)cc(OCc2ccccc2)cc1OCc1ccccc1. The molecule has 0 aliphatic carbocycles. The first-order valence-corrected chi connectivity index (χ1v) is 10.5. The molecule has 162 valence electrons. The third kappa shape index (κ3) is 6.86. The van der Waals surface area contributed by atoms with Crippen LogP contribution in [-0.2, 0) is 19.6 Å². The highest BCUT2D eigenvalue weighted by Crippen LogP contribution is 2.31. The van der Waals surface area contributed by atoms with Crippen molar-refractivity contribution in [2.75, 3.05) is 6.61 Å². The minimum Gasteiger partial charge on any atom is -0.489 e. The fourth-order valence-corrected chi connectivity index (χ4v) is 3.36. The van der Waals surface area contributed by atoms with Crippen LogP contribution in [0.5, 0.6) is 11.5 Å². The molecule has 0 aromatic heterocycles. The monoisotopic (exact) mass is 420 g/mol. The van der Waals surface area contributed by atoms with E-state index >= 15 is 0 Å². The van der Waals surface area contributed by atoms with Gasteiger partial charge in [0.1, 0.15) is 30.3 Å². The normalized spacial score (nSPS) is 10.6. The number of unbranched alkanes of at least 4 members (excludes halogenated alkanes) is 2. The van der Waals surface area contributed by atoms with Crippen molar-refractivity contribution in [2.24, 2.45) is 0 Å². The first kappa shape index (κ1) is 22.4. The standard InChI is InChI=1S/C26H28O5/c27-15-9-3-8-14-22-16-23(30-18-20-10-4-1-5-11-20)17-24(25(22)26(28)29)31-19-21-12-6-2-7-13-21/h1-2,4-7,10-13,16-17,27H,3,8-9,14-15,18-19H2,(H,28,29). The highest BCUT2D eigenvalue weighted by Gasteiger charge is 2.19. The van der Waals surface area contributed by atoms with Crippen molar-refractivity contribution >= 4 is 5.97 Å². The lowest BCUT2D eigenvalue weighted by atomic mass is 9.99. The summed E-state index contributed by atoms with van der Waals surface area (Å²) in [6, 6.07) is 22.9. The summed E-state index contributed by atoms with van der Waals surface area (Å²) in [6.07, 6.45) is 2.88. The Balaban J connectivity index is 1.85. The van der Waals surface area contributed by atoms with Crippen LogP contribution in [0.1, 0.15) is 46.3 Å². The first-order chi connectivity index (χ1) is 15.2. The molecule has 0 aliphatic rings. The van der Waals surface area contributed by atoms with Crippen molar-refractivity contribution in [3.05, 3.63) is 95.1 Å². The lowest BCUT2D eigenvalue weighted by Gasteiger charge is -2.16. The predicted molar refractivity (Wildman–Crippen MR) is 120 cm³/mol. The number of ether oxygens (including phenoxy) is 2. The van der Waals surface area contributed by atoms with Crippen LogP contribution in [0.25, 0.3) is 0 Å². The molecule has 0 saturated heterocycles. The molecule has 0 spiro atoms. The van der Waals surface area contributed by atoms with Crippen LogP contribution in [0.2, 0.25) is 0 Å². The summed E-state index contributed by atoms with van der Waals surface area (Å²) in [6.45, 7) is 0.792. The second kappa shape index (κ2) is 11.8. The van der Waals surface area contributed by atoms with Crippen LogP contribution in [0.3, 0.4) is 0 Å². The van der Waals surface area contributed by atoms with Crippen LogP contribution in [0, 0.1) is 0 Å². The van der Waals surface area contributed by atoms with Gasteiger partial charge in [0, 0.05) is 12.7 Å². The average molecular weight is 421 g/mol. The molecule has 0 aliphatic heterocycles. The summed E-state index contributed by atoms with van der Waals surface area (Å²) >= 11 is 0. The van der Waals surface area contributed by atoms with Crippen molar-refractivity contribution < 1.29 is 24.5 Å². The minimum atomic E-state index is -1.02. The molecule has 0 amide bonds. The predicted octanol–water partition coefficient (Wildman–Crippen LogP) is 5.25. The first-order valence-electron chi connectivity index (χ1n) is 10.5. The van der Waals surface area contributed by atoms with Gasteiger partial charge in [-0.3, -0.25) is 0 Å². The van der Waals surface area contributed by atoms with Gasteiger partial charge in [-0.2, -0.15) is 0 Å². The molecule has 5 heteroatoms. The smallest absolute Gasteiger partial charge is 0.339 e. The fraction of sp³-hybridized carbons (Fsp3) is 0.269. The maximum absolute atomic E-state index is 12.1. The van der Waals surface area contributed by atoms with Crippen molar-refractivity contribution in [2.45, 2.75) is 38.9 Å². The lowest BCUT2D eigenvalue weighted by Crippen LogP contribution is -2.09. The minimum absolute atomic E-state index is 0.136. The number of hydrogen-bond acceptors (Lipinski definition) is 4. The topological polar surface area (TPSA) is 76.0 Å². The van der Waals surface area contributed by atoms with Gasteiger partial charge in [0.2, 0.25) is 0 Å². The fourth-order valence-electron chi connectivity index (χ4n) is 3.36. The molecule has 0 saturated carbocycles. The third-order valence-electron chi connectivity index (χ3n) is 4.96. The van der Waals surface area contributed by atoms with Crippen LogP contribution >= 0.6 is 0 Å². The summed E-state index contributed by atoms with van der Waals surface area (Å²) in [5.74, 6) is -0.136. The summed E-state index contributed by atoms with van der Waals surface area (Å²) in [5, 5.41) is 18.9. The Morgan fingerprint density at radius 1 is 0.774 bits per heavy atom. The Morgan fingerprint density at radius 3 is 1.97 bits per heavy atom. The molecule has 0 heterocycles. The summed E-state index contributed by atoms with van der Waals surface area (Å²) < 4.78 is 11.9. The zero-order chi connectivity index (χ0) is 21.9. The molecular formula is C26H28O5. The van der Waals surface area contributed by atoms with Gasteiger partial charge < -0.3 is 19.7 Å². The molecule has 0 atom stereocenters. The summed E-state index contributed by atoms with van der Waals surface area (Å²) in [4.78, 5) is 12.1. The van der Waals surface area contributed by atoms with E-state index in [1.165, 1.54) is 0 Å². The van der Waals surface area contributed by atoms with Gasteiger partial charge in [0.25, 0.3) is 0 Å². The Kier molecular flexibility index (Phi) is 8.49. The number of aliphatic hydroxyl groups excluding tert-OH is 1. The number of benzene rings is 3. The highest BCUT2D eigenvalue weighted by molar-refractivity contribution is 5.93. The number of hydrogen-bond donors (Lipinski definition) is 2. The molecular weight excluding hydrogens is 392 g/mol. The van der Waals surface area contributed by atoms with E-state index in [1.807, 2.05) is 60.7 Å². The van der Waals surface area contributed by atoms with Gasteiger partial charge in [-0.1, -0.05) is 67.1 Å². The van der Waals surface area contributed by atoms with Crippen LogP contribution in [0.4, 0.5) is 0 Å². The second-order valence-corrected chi connectivity index (χ2v) is 7.34. The molecule has 0 unspecified atom stereocenters. The number of rotatable bonds is 12. The van der Waals surface area contributed by atoms with Gasteiger partial charge >= 0.3 is 5.97 Å². The second-order valence-electron chi connectivity index (χ2n) is 7.34. The molecule has 3 aromatic carbocycles. The number of carboxylic acids is 1. The molecule has 0 radical (unpaired) electrons. The van der Waals surface area contributed by atoms with E-state index in [9.17, 15) is 9.90 Å². The van der Waals surface area contributed by atoms with E-state index in [-0.39, 0.29) is 18.8 Å². The van der Waals surface area contributed by atoms with Gasteiger partial charge in [-0.15, -0.1) is 0 Å². The number of aliphatic hydroxyl groups is 1. The molecule has 3 rings (SSSR count). The number of carboxylic acid groups (broad SMARTS) is 1. The average Bonchev–Trinajstić information content (AvgIpc) is 2.80. The number of carbonyl (C=O) groups is 1. The number of aromatic carboxylic acids is 1. The molecule has 0 bridgehead atoms. The maximum atomic E-state index is 12.1. The van der Waals surface area contributed by atoms with Gasteiger partial charge in [-0.05, 0) is 42.0 Å². The van der Waals surface area contributed by atoms with Crippen LogP contribution in [0.15, 0.2) is 72.8 Å². The van der Waals surface area contributed by atoms with E-state index in [1.54, 1.807) is 12.1 Å². The van der Waals surface area contributed by atoms with E-state index in [0.29, 0.717) is 36.5 Å². The summed E-state index contributed by atoms with van der Waals surface area (Å²) in [7, 11) is 0. The highest BCUT2D eigenvalue weighted by atomic mass is 16.5. The van der Waals surface area contributed by atoms with Crippen LogP contribution in [-0.4, -0.2) is 22.8 Å². The zero-order valence-electron chi connectivity index (χ0n) is 17.5. The third-order valence-corrected chi connectivity index (χ3v) is 4.96. The van der Waals surface area contributed by atoms with Crippen molar-refractivity contribution in [1.29, 1.82) is 0 Å². The number of aryl methyl sites for hydroxylation is 1. The lowest BCUT2D eigenvalue weighted by molar-refractivity contribution is 0.0690. The Bertz CT molecular complexity index is 954. The van der Waals surface area contributed by atoms with Crippen molar-refractivity contribution in [1.82, 2.24) is 0 Å². The molecule has 5 nitrogen and oxygen atoms in total. The van der Waals surface area contributed by atoms with E-state index < -0.39 is 5.97 Å². The van der Waals surface area contributed by atoms with Crippen LogP contribution < -0.4 is 9.47 Å².